The number of halogens is 1. The zero-order valence-electron chi connectivity index (χ0n) is 11.0. The van der Waals surface area contributed by atoms with Gasteiger partial charge in [0.05, 0.1) is 0 Å². The smallest absolute Gasteiger partial charge is 0.119 e. The fraction of sp³-hybridized carbons (Fsp3) is 0.250. The van der Waals surface area contributed by atoms with E-state index in [1.807, 2.05) is 24.3 Å². The molecule has 0 aliphatic carbocycles. The molecule has 2 rings (SSSR count). The minimum Gasteiger partial charge on any atom is -0.489 e. The molecule has 0 saturated heterocycles. The largest absolute Gasteiger partial charge is 0.489 e. The van der Waals surface area contributed by atoms with E-state index in [1.54, 1.807) is 6.07 Å². The van der Waals surface area contributed by atoms with Gasteiger partial charge in [-0.15, -0.1) is 0 Å². The molecular weight excluding hydrogens is 258 g/mol. The summed E-state index contributed by atoms with van der Waals surface area (Å²) >= 11 is 6.10. The molecule has 0 heterocycles. The highest BCUT2D eigenvalue weighted by Gasteiger charge is 2.02. The van der Waals surface area contributed by atoms with Gasteiger partial charge in [0.1, 0.15) is 12.4 Å². The van der Waals surface area contributed by atoms with Gasteiger partial charge in [-0.05, 0) is 36.2 Å². The first kappa shape index (κ1) is 13.8. The topological polar surface area (TPSA) is 35.2 Å². The number of benzene rings is 2. The molecule has 0 radical (unpaired) electrons. The third kappa shape index (κ3) is 3.90. The summed E-state index contributed by atoms with van der Waals surface area (Å²) in [5.41, 5.74) is 8.59. The molecule has 0 bridgehead atoms. The van der Waals surface area contributed by atoms with Gasteiger partial charge < -0.3 is 10.5 Å². The molecule has 0 amide bonds. The summed E-state index contributed by atoms with van der Waals surface area (Å²) in [6, 6.07) is 13.7. The molecule has 100 valence electrons. The number of hydrogen-bond donors (Lipinski definition) is 1. The molecule has 0 spiro atoms. The van der Waals surface area contributed by atoms with E-state index in [9.17, 15) is 0 Å². The fourth-order valence-corrected chi connectivity index (χ4v) is 2.13. The van der Waals surface area contributed by atoms with Gasteiger partial charge in [-0.3, -0.25) is 0 Å². The molecule has 19 heavy (non-hydrogen) atoms. The van der Waals surface area contributed by atoms with Gasteiger partial charge in [-0.2, -0.15) is 0 Å². The molecule has 3 heteroatoms. The van der Waals surface area contributed by atoms with Gasteiger partial charge in [0.15, 0.2) is 0 Å². The maximum Gasteiger partial charge on any atom is 0.119 e. The summed E-state index contributed by atoms with van der Waals surface area (Å²) < 4.78 is 5.72. The minimum atomic E-state index is 0.451. The molecule has 2 N–H and O–H groups in total. The Hall–Kier alpha value is -1.67. The quantitative estimate of drug-likeness (QED) is 0.818. The van der Waals surface area contributed by atoms with Crippen LogP contribution in [0.1, 0.15) is 24.5 Å². The van der Waals surface area contributed by atoms with Crippen molar-refractivity contribution in [1.29, 1.82) is 0 Å². The van der Waals surface area contributed by atoms with Gasteiger partial charge in [0, 0.05) is 16.3 Å². The Balaban J connectivity index is 1.98. The first-order valence-corrected chi connectivity index (χ1v) is 6.82. The number of aryl methyl sites for hydroxylation is 1. The average Bonchev–Trinajstić information content (AvgIpc) is 2.40. The number of rotatable bonds is 5. The molecule has 2 aromatic rings. The van der Waals surface area contributed by atoms with Crippen LogP contribution in [-0.2, 0) is 13.0 Å². The Bertz CT molecular complexity index is 537. The summed E-state index contributed by atoms with van der Waals surface area (Å²) in [5.74, 6) is 0.854. The van der Waals surface area contributed by atoms with Crippen molar-refractivity contribution >= 4 is 17.3 Å². The van der Waals surface area contributed by atoms with Gasteiger partial charge in [-0.25, -0.2) is 0 Å². The van der Waals surface area contributed by atoms with E-state index >= 15 is 0 Å². The van der Waals surface area contributed by atoms with Crippen molar-refractivity contribution in [2.75, 3.05) is 5.73 Å². The van der Waals surface area contributed by atoms with Crippen molar-refractivity contribution in [1.82, 2.24) is 0 Å². The van der Waals surface area contributed by atoms with Crippen LogP contribution in [0.2, 0.25) is 5.02 Å². The summed E-state index contributed by atoms with van der Waals surface area (Å²) in [7, 11) is 0. The highest BCUT2D eigenvalue weighted by molar-refractivity contribution is 6.31. The van der Waals surface area contributed by atoms with E-state index < -0.39 is 0 Å². The normalized spacial score (nSPS) is 10.4. The lowest BCUT2D eigenvalue weighted by Gasteiger charge is -2.09. The van der Waals surface area contributed by atoms with Crippen LogP contribution in [0.15, 0.2) is 42.5 Å². The molecule has 0 saturated carbocycles. The van der Waals surface area contributed by atoms with Crippen molar-refractivity contribution in [2.24, 2.45) is 0 Å². The lowest BCUT2D eigenvalue weighted by Crippen LogP contribution is -1.97. The number of ether oxygens (including phenoxy) is 1. The number of hydrogen-bond acceptors (Lipinski definition) is 2. The Labute approximate surface area is 119 Å². The lowest BCUT2D eigenvalue weighted by atomic mass is 10.1. The first-order valence-electron chi connectivity index (χ1n) is 6.44. The Morgan fingerprint density at radius 1 is 1.11 bits per heavy atom. The highest BCUT2D eigenvalue weighted by Crippen LogP contribution is 2.21. The number of nitrogens with two attached hydrogens (primary N) is 1. The van der Waals surface area contributed by atoms with Crippen LogP contribution < -0.4 is 10.5 Å². The predicted octanol–water partition coefficient (Wildman–Crippen LogP) is 4.45. The fourth-order valence-electron chi connectivity index (χ4n) is 1.88. The lowest BCUT2D eigenvalue weighted by molar-refractivity contribution is 0.306. The van der Waals surface area contributed by atoms with Crippen molar-refractivity contribution in [3.63, 3.8) is 0 Å². The van der Waals surface area contributed by atoms with Crippen molar-refractivity contribution in [3.05, 3.63) is 58.6 Å². The van der Waals surface area contributed by atoms with Crippen LogP contribution in [0.4, 0.5) is 5.69 Å². The number of nitrogen functional groups attached to an aromatic ring is 1. The molecule has 2 nitrogen and oxygen atoms in total. The van der Waals surface area contributed by atoms with E-state index in [1.165, 1.54) is 5.56 Å². The second kappa shape index (κ2) is 6.48. The van der Waals surface area contributed by atoms with Crippen molar-refractivity contribution in [3.8, 4) is 5.75 Å². The van der Waals surface area contributed by atoms with Crippen LogP contribution in [0.5, 0.6) is 5.75 Å². The molecule has 0 aromatic heterocycles. The summed E-state index contributed by atoms with van der Waals surface area (Å²) in [5, 5.41) is 0.641. The van der Waals surface area contributed by atoms with Crippen molar-refractivity contribution in [2.45, 2.75) is 26.4 Å². The Kier molecular flexibility index (Phi) is 4.69. The summed E-state index contributed by atoms with van der Waals surface area (Å²) in [4.78, 5) is 0. The maximum atomic E-state index is 6.10. The zero-order chi connectivity index (χ0) is 13.7. The minimum absolute atomic E-state index is 0.451. The van der Waals surface area contributed by atoms with Gasteiger partial charge in [0.25, 0.3) is 0 Å². The third-order valence-corrected chi connectivity index (χ3v) is 3.29. The molecular formula is C16H18ClNO. The average molecular weight is 276 g/mol. The van der Waals surface area contributed by atoms with Crippen LogP contribution in [-0.4, -0.2) is 0 Å². The molecule has 0 unspecified atom stereocenters. The highest BCUT2D eigenvalue weighted by atomic mass is 35.5. The van der Waals surface area contributed by atoms with Crippen LogP contribution >= 0.6 is 11.6 Å². The number of anilines is 1. The molecule has 0 aliphatic heterocycles. The van der Waals surface area contributed by atoms with E-state index in [-0.39, 0.29) is 0 Å². The van der Waals surface area contributed by atoms with Gasteiger partial charge in [0.2, 0.25) is 0 Å². The summed E-state index contributed by atoms with van der Waals surface area (Å²) in [6.45, 7) is 2.62. The van der Waals surface area contributed by atoms with Crippen LogP contribution in [0.3, 0.4) is 0 Å². The van der Waals surface area contributed by atoms with E-state index in [0.29, 0.717) is 17.3 Å². The molecule has 0 fully saturated rings. The molecule has 2 aromatic carbocycles. The second-order valence-electron chi connectivity index (χ2n) is 4.53. The Morgan fingerprint density at radius 3 is 2.47 bits per heavy atom. The Morgan fingerprint density at radius 2 is 1.84 bits per heavy atom. The van der Waals surface area contributed by atoms with Crippen LogP contribution in [0.25, 0.3) is 0 Å². The molecule has 0 atom stereocenters. The maximum absolute atomic E-state index is 6.10. The SMILES string of the molecule is CCCc1ccc(OCc2ccc(N)cc2Cl)cc1. The predicted molar refractivity (Wildman–Crippen MR) is 80.6 cm³/mol. The monoisotopic (exact) mass is 275 g/mol. The standard InChI is InChI=1S/C16H18ClNO/c1-2-3-12-4-8-15(9-5-12)19-11-13-6-7-14(18)10-16(13)17/h4-10H,2-3,11,18H2,1H3. The van der Waals surface area contributed by atoms with Crippen molar-refractivity contribution < 1.29 is 4.74 Å². The van der Waals surface area contributed by atoms with E-state index in [4.69, 9.17) is 22.1 Å². The van der Waals surface area contributed by atoms with Gasteiger partial charge in [-0.1, -0.05) is 43.1 Å². The molecule has 0 aliphatic rings. The van der Waals surface area contributed by atoms with E-state index in [2.05, 4.69) is 19.1 Å². The first-order chi connectivity index (χ1) is 9.19. The van der Waals surface area contributed by atoms with Gasteiger partial charge >= 0.3 is 0 Å². The second-order valence-corrected chi connectivity index (χ2v) is 4.94. The third-order valence-electron chi connectivity index (χ3n) is 2.93. The van der Waals surface area contributed by atoms with Crippen LogP contribution in [0, 0.1) is 0 Å². The van der Waals surface area contributed by atoms with E-state index in [0.717, 1.165) is 24.2 Å². The zero-order valence-corrected chi connectivity index (χ0v) is 11.8. The summed E-state index contributed by atoms with van der Waals surface area (Å²) in [6.07, 6.45) is 2.26.